The van der Waals surface area contributed by atoms with E-state index in [0.29, 0.717) is 19.1 Å². The molecule has 2 saturated heterocycles. The molecular weight excluding hydrogens is 158 g/mol. The number of amides is 1. The molecule has 68 valence electrons. The van der Waals surface area contributed by atoms with Gasteiger partial charge in [0.05, 0.1) is 0 Å². The van der Waals surface area contributed by atoms with Gasteiger partial charge in [0.1, 0.15) is 0 Å². The quantitative estimate of drug-likeness (QED) is 0.501. The van der Waals surface area contributed by atoms with Gasteiger partial charge in [0.2, 0.25) is 0 Å². The first-order chi connectivity index (χ1) is 5.77. The average molecular weight is 171 g/mol. The van der Waals surface area contributed by atoms with Crippen LogP contribution in [0.15, 0.2) is 0 Å². The van der Waals surface area contributed by atoms with Crippen LogP contribution in [0.5, 0.6) is 0 Å². The molecule has 2 heterocycles. The second kappa shape index (κ2) is 2.91. The lowest BCUT2D eigenvalue weighted by Gasteiger charge is -2.34. The number of hydrogen-bond donors (Lipinski definition) is 2. The average Bonchev–Trinajstić information content (AvgIpc) is 2.49. The van der Waals surface area contributed by atoms with Crippen molar-refractivity contribution in [1.29, 1.82) is 0 Å². The van der Waals surface area contributed by atoms with E-state index in [2.05, 4.69) is 10.2 Å². The zero-order chi connectivity index (χ0) is 8.55. The van der Waals surface area contributed by atoms with E-state index in [0.717, 1.165) is 19.8 Å². The maximum Gasteiger partial charge on any atom is 0.407 e. The molecule has 1 amide bonds. The number of fused-ring (bicyclic) bond motifs is 1. The number of nitrogens with one attached hydrogen (secondary N) is 1. The van der Waals surface area contributed by atoms with Crippen molar-refractivity contribution in [3.05, 3.63) is 0 Å². The van der Waals surface area contributed by atoms with Gasteiger partial charge in [-0.3, -0.25) is 4.90 Å². The summed E-state index contributed by atoms with van der Waals surface area (Å²) in [5.74, 6) is 0. The third kappa shape index (κ3) is 1.25. The molecule has 5 nitrogen and oxygen atoms in total. The first-order valence-corrected chi connectivity index (χ1v) is 4.20. The van der Waals surface area contributed by atoms with Crippen molar-refractivity contribution < 1.29 is 9.90 Å². The number of nitrogens with zero attached hydrogens (tertiary/aromatic N) is 2. The minimum Gasteiger partial charge on any atom is -0.465 e. The van der Waals surface area contributed by atoms with Crippen molar-refractivity contribution in [3.63, 3.8) is 0 Å². The highest BCUT2D eigenvalue weighted by Gasteiger charge is 2.31. The highest BCUT2D eigenvalue weighted by molar-refractivity contribution is 5.65. The molecule has 0 aliphatic carbocycles. The number of piperazine rings is 1. The van der Waals surface area contributed by atoms with Crippen LogP contribution in [0, 0.1) is 0 Å². The topological polar surface area (TPSA) is 55.8 Å². The molecule has 0 bridgehead atoms. The number of hydrogen-bond acceptors (Lipinski definition) is 3. The zero-order valence-electron chi connectivity index (χ0n) is 6.86. The Morgan fingerprint density at radius 1 is 1.50 bits per heavy atom. The fraction of sp³-hybridized carbons (Fsp3) is 0.857. The number of carboxylic acid groups (broad SMARTS) is 1. The summed E-state index contributed by atoms with van der Waals surface area (Å²) in [6.07, 6.45) is -0.790. The standard InChI is InChI=1S/C7H13N3O2/c11-7(12)9-1-2-10-5-8-3-6(10)4-9/h6,8H,1-5H2,(H,11,12). The van der Waals surface area contributed by atoms with Crippen molar-refractivity contribution in [2.45, 2.75) is 6.04 Å². The van der Waals surface area contributed by atoms with Gasteiger partial charge in [-0.25, -0.2) is 4.79 Å². The van der Waals surface area contributed by atoms with Crippen LogP contribution in [0.4, 0.5) is 4.79 Å². The van der Waals surface area contributed by atoms with Gasteiger partial charge in [-0.2, -0.15) is 0 Å². The Bertz CT molecular complexity index is 197. The van der Waals surface area contributed by atoms with Crippen molar-refractivity contribution >= 4 is 6.09 Å². The molecule has 0 spiro atoms. The van der Waals surface area contributed by atoms with E-state index in [9.17, 15) is 4.79 Å². The fourth-order valence-corrected chi connectivity index (χ4v) is 1.84. The number of carbonyl (C=O) groups is 1. The van der Waals surface area contributed by atoms with Crippen molar-refractivity contribution in [2.24, 2.45) is 0 Å². The molecule has 0 radical (unpaired) electrons. The lowest BCUT2D eigenvalue weighted by atomic mass is 10.2. The molecule has 12 heavy (non-hydrogen) atoms. The fourth-order valence-electron chi connectivity index (χ4n) is 1.84. The third-order valence-corrected chi connectivity index (χ3v) is 2.57. The van der Waals surface area contributed by atoms with E-state index >= 15 is 0 Å². The summed E-state index contributed by atoms with van der Waals surface area (Å²) < 4.78 is 0. The molecule has 1 atom stereocenters. The van der Waals surface area contributed by atoms with Crippen LogP contribution in [-0.2, 0) is 0 Å². The molecule has 2 aliphatic heterocycles. The monoisotopic (exact) mass is 171 g/mol. The summed E-state index contributed by atoms with van der Waals surface area (Å²) in [6, 6.07) is 0.398. The van der Waals surface area contributed by atoms with Gasteiger partial charge in [-0.1, -0.05) is 0 Å². The van der Waals surface area contributed by atoms with Crippen molar-refractivity contribution in [2.75, 3.05) is 32.8 Å². The van der Waals surface area contributed by atoms with Gasteiger partial charge in [-0.05, 0) is 0 Å². The largest absolute Gasteiger partial charge is 0.465 e. The second-order valence-electron chi connectivity index (χ2n) is 3.31. The van der Waals surface area contributed by atoms with Crippen LogP contribution in [0.25, 0.3) is 0 Å². The molecule has 5 heteroatoms. The molecule has 0 saturated carbocycles. The molecular formula is C7H13N3O2. The van der Waals surface area contributed by atoms with Crippen molar-refractivity contribution in [3.8, 4) is 0 Å². The van der Waals surface area contributed by atoms with E-state index in [1.54, 1.807) is 0 Å². The van der Waals surface area contributed by atoms with E-state index in [1.165, 1.54) is 4.90 Å². The lowest BCUT2D eigenvalue weighted by Crippen LogP contribution is -2.52. The Hall–Kier alpha value is -0.810. The number of rotatable bonds is 0. The van der Waals surface area contributed by atoms with Crippen LogP contribution < -0.4 is 5.32 Å². The predicted molar refractivity (Wildman–Crippen MR) is 43.0 cm³/mol. The Morgan fingerprint density at radius 2 is 2.33 bits per heavy atom. The van der Waals surface area contributed by atoms with Crippen LogP contribution in [-0.4, -0.2) is 59.9 Å². The summed E-state index contributed by atoms with van der Waals surface area (Å²) in [5, 5.41) is 12.0. The summed E-state index contributed by atoms with van der Waals surface area (Å²) >= 11 is 0. The molecule has 0 aromatic rings. The summed E-state index contributed by atoms with van der Waals surface area (Å²) in [5.41, 5.74) is 0. The Kier molecular flexibility index (Phi) is 1.90. The summed E-state index contributed by atoms with van der Waals surface area (Å²) in [7, 11) is 0. The SMILES string of the molecule is O=C(O)N1CCN2CNCC2C1. The van der Waals surface area contributed by atoms with Crippen LogP contribution in [0.1, 0.15) is 0 Å². The van der Waals surface area contributed by atoms with Gasteiger partial charge in [0, 0.05) is 38.9 Å². The zero-order valence-corrected chi connectivity index (χ0v) is 6.86. The normalized spacial score (nSPS) is 30.3. The summed E-state index contributed by atoms with van der Waals surface area (Å²) in [6.45, 7) is 4.00. The minimum atomic E-state index is -0.790. The van der Waals surface area contributed by atoms with E-state index in [4.69, 9.17) is 5.11 Å². The van der Waals surface area contributed by atoms with Gasteiger partial charge in [0.25, 0.3) is 0 Å². The van der Waals surface area contributed by atoms with E-state index < -0.39 is 6.09 Å². The maximum atomic E-state index is 10.6. The molecule has 2 fully saturated rings. The van der Waals surface area contributed by atoms with Crippen molar-refractivity contribution in [1.82, 2.24) is 15.1 Å². The minimum absolute atomic E-state index is 0.398. The van der Waals surface area contributed by atoms with Gasteiger partial charge < -0.3 is 15.3 Å². The highest BCUT2D eigenvalue weighted by Crippen LogP contribution is 2.11. The molecule has 2 rings (SSSR count). The van der Waals surface area contributed by atoms with E-state index in [1.807, 2.05) is 0 Å². The molecule has 0 aromatic heterocycles. The first-order valence-electron chi connectivity index (χ1n) is 4.20. The Balaban J connectivity index is 1.96. The lowest BCUT2D eigenvalue weighted by molar-refractivity contribution is 0.0914. The highest BCUT2D eigenvalue weighted by atomic mass is 16.4. The molecule has 2 N–H and O–H groups in total. The predicted octanol–water partition coefficient (Wildman–Crippen LogP) is -0.789. The van der Waals surface area contributed by atoms with Gasteiger partial charge in [-0.15, -0.1) is 0 Å². The van der Waals surface area contributed by atoms with E-state index in [-0.39, 0.29) is 0 Å². The van der Waals surface area contributed by atoms with Gasteiger partial charge in [0.15, 0.2) is 0 Å². The van der Waals surface area contributed by atoms with Gasteiger partial charge >= 0.3 is 6.09 Å². The summed E-state index contributed by atoms with van der Waals surface area (Å²) in [4.78, 5) is 14.4. The van der Waals surface area contributed by atoms with Crippen LogP contribution >= 0.6 is 0 Å². The second-order valence-corrected chi connectivity index (χ2v) is 3.31. The third-order valence-electron chi connectivity index (χ3n) is 2.57. The Labute approximate surface area is 70.9 Å². The Morgan fingerprint density at radius 3 is 3.08 bits per heavy atom. The molecule has 1 unspecified atom stereocenters. The first kappa shape index (κ1) is 7.82. The van der Waals surface area contributed by atoms with Crippen LogP contribution in [0.2, 0.25) is 0 Å². The smallest absolute Gasteiger partial charge is 0.407 e. The molecule has 2 aliphatic rings. The maximum absolute atomic E-state index is 10.6. The molecule has 0 aromatic carbocycles. The van der Waals surface area contributed by atoms with Crippen LogP contribution in [0.3, 0.4) is 0 Å².